The van der Waals surface area contributed by atoms with Crippen LogP contribution >= 0.6 is 36.4 Å². The standard InChI is InChI=1S/C16H25ClN2O3.2ClH/c1-4-7-22-16-14(17)8-13(9-15(16)21-3)11-19-6-5-18-10-12(2)20;;/h4,8-9,12,18-20H,1,5-7,10-11H2,2-3H3;2*1H. The van der Waals surface area contributed by atoms with Crippen LogP contribution in [0.4, 0.5) is 0 Å². The first-order valence-corrected chi connectivity index (χ1v) is 7.65. The zero-order chi connectivity index (χ0) is 16.4. The van der Waals surface area contributed by atoms with Crippen LogP contribution in [0.5, 0.6) is 11.5 Å². The van der Waals surface area contributed by atoms with E-state index in [0.717, 1.165) is 18.7 Å². The number of ether oxygens (including phenoxy) is 2. The van der Waals surface area contributed by atoms with Crippen molar-refractivity contribution in [2.75, 3.05) is 33.4 Å². The Balaban J connectivity index is 0. The summed E-state index contributed by atoms with van der Waals surface area (Å²) >= 11 is 6.24. The first-order chi connectivity index (χ1) is 10.6. The molecule has 140 valence electrons. The molecule has 0 saturated heterocycles. The third-order valence-corrected chi connectivity index (χ3v) is 3.16. The van der Waals surface area contributed by atoms with Crippen molar-refractivity contribution in [1.82, 2.24) is 10.6 Å². The maximum absolute atomic E-state index is 9.13. The molecule has 0 aromatic heterocycles. The number of rotatable bonds is 11. The van der Waals surface area contributed by atoms with Crippen LogP contribution in [0.25, 0.3) is 0 Å². The average molecular weight is 402 g/mol. The minimum absolute atomic E-state index is 0. The summed E-state index contributed by atoms with van der Waals surface area (Å²) in [6.07, 6.45) is 1.33. The summed E-state index contributed by atoms with van der Waals surface area (Å²) in [4.78, 5) is 0. The van der Waals surface area contributed by atoms with E-state index in [4.69, 9.17) is 26.2 Å². The molecule has 1 unspecified atom stereocenters. The molecule has 0 heterocycles. The van der Waals surface area contributed by atoms with Gasteiger partial charge in [-0.2, -0.15) is 0 Å². The lowest BCUT2D eigenvalue weighted by Crippen LogP contribution is -2.31. The SMILES string of the molecule is C=CCOc1c(Cl)cc(CNCCNCC(C)O)cc1OC.Cl.Cl. The Morgan fingerprint density at radius 2 is 1.96 bits per heavy atom. The van der Waals surface area contributed by atoms with Crippen LogP contribution < -0.4 is 20.1 Å². The normalized spacial score (nSPS) is 11.0. The van der Waals surface area contributed by atoms with Crippen molar-refractivity contribution < 1.29 is 14.6 Å². The van der Waals surface area contributed by atoms with Gasteiger partial charge in [-0.05, 0) is 24.6 Å². The van der Waals surface area contributed by atoms with E-state index in [-0.39, 0.29) is 30.9 Å². The molecule has 0 bridgehead atoms. The van der Waals surface area contributed by atoms with Crippen molar-refractivity contribution in [3.05, 3.63) is 35.4 Å². The fraction of sp³-hybridized carbons (Fsp3) is 0.500. The lowest BCUT2D eigenvalue weighted by Gasteiger charge is -2.14. The number of methoxy groups -OCH3 is 1. The quantitative estimate of drug-likeness (QED) is 0.393. The highest BCUT2D eigenvalue weighted by Crippen LogP contribution is 2.36. The van der Waals surface area contributed by atoms with E-state index in [9.17, 15) is 0 Å². The number of hydrogen-bond donors (Lipinski definition) is 3. The molecule has 1 aromatic carbocycles. The Morgan fingerprint density at radius 1 is 1.29 bits per heavy atom. The molecule has 5 nitrogen and oxygen atoms in total. The summed E-state index contributed by atoms with van der Waals surface area (Å²) in [5, 5.41) is 16.1. The van der Waals surface area contributed by atoms with Crippen LogP contribution in [-0.2, 0) is 6.54 Å². The first-order valence-electron chi connectivity index (χ1n) is 7.28. The minimum atomic E-state index is -0.328. The molecule has 0 radical (unpaired) electrons. The van der Waals surface area contributed by atoms with Crippen LogP contribution in [0, 0.1) is 0 Å². The second-order valence-corrected chi connectivity index (χ2v) is 5.35. The van der Waals surface area contributed by atoms with Gasteiger partial charge in [0.05, 0.1) is 18.2 Å². The molecule has 0 spiro atoms. The fourth-order valence-electron chi connectivity index (χ4n) is 1.88. The van der Waals surface area contributed by atoms with Crippen molar-refractivity contribution in [2.45, 2.75) is 19.6 Å². The number of aliphatic hydroxyl groups excluding tert-OH is 1. The maximum Gasteiger partial charge on any atom is 0.180 e. The van der Waals surface area contributed by atoms with E-state index in [1.165, 1.54) is 0 Å². The van der Waals surface area contributed by atoms with Gasteiger partial charge in [-0.1, -0.05) is 24.3 Å². The Kier molecular flexibility index (Phi) is 15.6. The molecule has 1 atom stereocenters. The summed E-state index contributed by atoms with van der Waals surface area (Å²) in [5.41, 5.74) is 1.02. The van der Waals surface area contributed by atoms with E-state index in [1.807, 2.05) is 12.1 Å². The highest BCUT2D eigenvalue weighted by Gasteiger charge is 2.11. The molecule has 0 aliphatic heterocycles. The van der Waals surface area contributed by atoms with Crippen molar-refractivity contribution in [1.29, 1.82) is 0 Å². The topological polar surface area (TPSA) is 62.8 Å². The molecule has 0 saturated carbocycles. The van der Waals surface area contributed by atoms with E-state index < -0.39 is 0 Å². The largest absolute Gasteiger partial charge is 0.493 e. The van der Waals surface area contributed by atoms with E-state index >= 15 is 0 Å². The van der Waals surface area contributed by atoms with Crippen LogP contribution in [0.1, 0.15) is 12.5 Å². The van der Waals surface area contributed by atoms with Crippen LogP contribution in [0.3, 0.4) is 0 Å². The molecule has 0 aliphatic rings. The Bertz CT molecular complexity index is 474. The zero-order valence-electron chi connectivity index (χ0n) is 14.0. The summed E-state index contributed by atoms with van der Waals surface area (Å²) in [6.45, 7) is 8.60. The molecule has 1 aromatic rings. The van der Waals surface area contributed by atoms with Gasteiger partial charge < -0.3 is 25.2 Å². The van der Waals surface area contributed by atoms with Crippen LogP contribution in [0.15, 0.2) is 24.8 Å². The predicted molar refractivity (Wildman–Crippen MR) is 104 cm³/mol. The van der Waals surface area contributed by atoms with Gasteiger partial charge in [0, 0.05) is 26.2 Å². The lowest BCUT2D eigenvalue weighted by atomic mass is 10.2. The molecule has 24 heavy (non-hydrogen) atoms. The lowest BCUT2D eigenvalue weighted by molar-refractivity contribution is 0.191. The Morgan fingerprint density at radius 3 is 2.54 bits per heavy atom. The highest BCUT2D eigenvalue weighted by atomic mass is 35.5. The van der Waals surface area contributed by atoms with Gasteiger partial charge in [0.2, 0.25) is 0 Å². The molecule has 0 fully saturated rings. The molecule has 8 heteroatoms. The molecule has 0 aliphatic carbocycles. The van der Waals surface area contributed by atoms with Crippen molar-refractivity contribution >= 4 is 36.4 Å². The summed E-state index contributed by atoms with van der Waals surface area (Å²) in [5.74, 6) is 1.14. The van der Waals surface area contributed by atoms with Crippen molar-refractivity contribution in [2.24, 2.45) is 0 Å². The zero-order valence-corrected chi connectivity index (χ0v) is 16.4. The van der Waals surface area contributed by atoms with Crippen LogP contribution in [-0.4, -0.2) is 44.6 Å². The van der Waals surface area contributed by atoms with Crippen LogP contribution in [0.2, 0.25) is 5.02 Å². The Labute approximate surface area is 161 Å². The smallest absolute Gasteiger partial charge is 0.180 e. The second kappa shape index (κ2) is 14.6. The van der Waals surface area contributed by atoms with Gasteiger partial charge in [-0.25, -0.2) is 0 Å². The highest BCUT2D eigenvalue weighted by molar-refractivity contribution is 6.32. The molecular weight excluding hydrogens is 375 g/mol. The van der Waals surface area contributed by atoms with E-state index in [1.54, 1.807) is 20.1 Å². The number of halogens is 3. The maximum atomic E-state index is 9.13. The molecule has 3 N–H and O–H groups in total. The van der Waals surface area contributed by atoms with E-state index in [0.29, 0.717) is 36.2 Å². The number of nitrogens with one attached hydrogen (secondary N) is 2. The third kappa shape index (κ3) is 9.57. The summed E-state index contributed by atoms with van der Waals surface area (Å²) in [7, 11) is 1.59. The van der Waals surface area contributed by atoms with Crippen molar-refractivity contribution in [3.8, 4) is 11.5 Å². The fourth-order valence-corrected chi connectivity index (χ4v) is 2.17. The molecule has 1 rings (SSSR count). The second-order valence-electron chi connectivity index (χ2n) is 4.94. The monoisotopic (exact) mass is 400 g/mol. The van der Waals surface area contributed by atoms with Gasteiger partial charge >= 0.3 is 0 Å². The third-order valence-electron chi connectivity index (χ3n) is 2.88. The van der Waals surface area contributed by atoms with Gasteiger partial charge in [-0.15, -0.1) is 24.8 Å². The summed E-state index contributed by atoms with van der Waals surface area (Å²) < 4.78 is 10.8. The Hall–Kier alpha value is -0.690. The van der Waals surface area contributed by atoms with Gasteiger partial charge in [-0.3, -0.25) is 0 Å². The average Bonchev–Trinajstić information content (AvgIpc) is 2.48. The molecular formula is C16H27Cl3N2O3. The van der Waals surface area contributed by atoms with Gasteiger partial charge in [0.15, 0.2) is 11.5 Å². The number of benzene rings is 1. The summed E-state index contributed by atoms with van der Waals surface area (Å²) in [6, 6.07) is 3.76. The van der Waals surface area contributed by atoms with Gasteiger partial charge in [0.25, 0.3) is 0 Å². The molecule has 0 amide bonds. The minimum Gasteiger partial charge on any atom is -0.493 e. The number of hydrogen-bond acceptors (Lipinski definition) is 5. The predicted octanol–water partition coefficient (Wildman–Crippen LogP) is 2.82. The van der Waals surface area contributed by atoms with E-state index in [2.05, 4.69) is 17.2 Å². The number of aliphatic hydroxyl groups is 1. The first kappa shape index (κ1) is 25.5. The van der Waals surface area contributed by atoms with Crippen molar-refractivity contribution in [3.63, 3.8) is 0 Å². The van der Waals surface area contributed by atoms with Gasteiger partial charge in [0.1, 0.15) is 6.61 Å².